The van der Waals surface area contributed by atoms with Crippen molar-refractivity contribution in [3.63, 3.8) is 0 Å². The summed E-state index contributed by atoms with van der Waals surface area (Å²) in [6.07, 6.45) is 1.69. The molecule has 1 saturated heterocycles. The van der Waals surface area contributed by atoms with Gasteiger partial charge in [-0.25, -0.2) is 9.78 Å². The molecule has 2 rings (SSSR count). The second kappa shape index (κ2) is 7.35. The molecular weight excluding hydrogens is 290 g/mol. The standard InChI is InChI=1S/C13H21N5O2S/c1-10-11(16-9-15-10)8-21-6-3-14-12(19)7-18-5-4-17(2)13(18)20/h9H,3-8H2,1-2H3,(H,14,19)(H,15,16). The molecule has 1 aliphatic rings. The number of amides is 3. The van der Waals surface area contributed by atoms with Crippen LogP contribution in [0.25, 0.3) is 0 Å². The first-order valence-electron chi connectivity index (χ1n) is 6.91. The fraction of sp³-hybridized carbons (Fsp3) is 0.615. The average molecular weight is 311 g/mol. The van der Waals surface area contributed by atoms with E-state index in [2.05, 4.69) is 15.3 Å². The Hall–Kier alpha value is -1.70. The highest BCUT2D eigenvalue weighted by molar-refractivity contribution is 7.98. The summed E-state index contributed by atoms with van der Waals surface area (Å²) in [5.74, 6) is 1.56. The van der Waals surface area contributed by atoms with E-state index in [1.54, 1.807) is 34.9 Å². The second-order valence-electron chi connectivity index (χ2n) is 5.00. The molecule has 0 aliphatic carbocycles. The number of carbonyl (C=O) groups excluding carboxylic acids is 2. The van der Waals surface area contributed by atoms with Gasteiger partial charge in [0.1, 0.15) is 6.54 Å². The van der Waals surface area contributed by atoms with Crippen LogP contribution in [0.2, 0.25) is 0 Å². The Kier molecular flexibility index (Phi) is 5.49. The third kappa shape index (κ3) is 4.38. The van der Waals surface area contributed by atoms with Crippen molar-refractivity contribution in [2.24, 2.45) is 0 Å². The fourth-order valence-corrected chi connectivity index (χ4v) is 2.92. The van der Waals surface area contributed by atoms with Crippen molar-refractivity contribution in [3.8, 4) is 0 Å². The summed E-state index contributed by atoms with van der Waals surface area (Å²) < 4.78 is 0. The summed E-state index contributed by atoms with van der Waals surface area (Å²) in [5.41, 5.74) is 2.14. The molecule has 2 heterocycles. The van der Waals surface area contributed by atoms with E-state index < -0.39 is 0 Å². The van der Waals surface area contributed by atoms with Crippen LogP contribution in [0.4, 0.5) is 4.79 Å². The van der Waals surface area contributed by atoms with Crippen LogP contribution in [0.3, 0.4) is 0 Å². The van der Waals surface area contributed by atoms with E-state index in [-0.39, 0.29) is 18.5 Å². The topological polar surface area (TPSA) is 81.3 Å². The van der Waals surface area contributed by atoms with E-state index in [0.29, 0.717) is 19.6 Å². The van der Waals surface area contributed by atoms with E-state index in [9.17, 15) is 9.59 Å². The first-order chi connectivity index (χ1) is 10.1. The second-order valence-corrected chi connectivity index (χ2v) is 6.11. The number of aromatic nitrogens is 2. The molecule has 8 heteroatoms. The number of aromatic amines is 1. The van der Waals surface area contributed by atoms with Gasteiger partial charge in [0.25, 0.3) is 0 Å². The maximum Gasteiger partial charge on any atom is 0.320 e. The van der Waals surface area contributed by atoms with Crippen LogP contribution in [0.1, 0.15) is 11.4 Å². The van der Waals surface area contributed by atoms with Gasteiger partial charge in [-0.15, -0.1) is 0 Å². The van der Waals surface area contributed by atoms with Gasteiger partial charge in [0, 0.05) is 43.9 Å². The van der Waals surface area contributed by atoms with Crippen LogP contribution >= 0.6 is 11.8 Å². The average Bonchev–Trinajstić information content (AvgIpc) is 2.99. The molecule has 7 nitrogen and oxygen atoms in total. The normalized spacial score (nSPS) is 14.9. The zero-order valence-electron chi connectivity index (χ0n) is 12.4. The Labute approximate surface area is 128 Å². The van der Waals surface area contributed by atoms with Crippen LogP contribution in [0.5, 0.6) is 0 Å². The number of imidazole rings is 1. The first-order valence-corrected chi connectivity index (χ1v) is 8.06. The Balaban J connectivity index is 1.57. The van der Waals surface area contributed by atoms with Crippen LogP contribution < -0.4 is 5.32 Å². The minimum atomic E-state index is -0.102. The molecule has 116 valence electrons. The fourth-order valence-electron chi connectivity index (χ4n) is 2.04. The van der Waals surface area contributed by atoms with Crippen molar-refractivity contribution in [1.82, 2.24) is 25.1 Å². The predicted molar refractivity (Wildman–Crippen MR) is 82.1 cm³/mol. The molecule has 1 aliphatic heterocycles. The molecule has 1 aromatic rings. The van der Waals surface area contributed by atoms with Gasteiger partial charge < -0.3 is 20.1 Å². The molecule has 0 bridgehead atoms. The summed E-state index contributed by atoms with van der Waals surface area (Å²) in [5, 5.41) is 2.84. The summed E-state index contributed by atoms with van der Waals surface area (Å²) in [4.78, 5) is 33.8. The predicted octanol–water partition coefficient (Wildman–Crippen LogP) is 0.435. The number of nitrogens with zero attached hydrogens (tertiary/aromatic N) is 3. The minimum Gasteiger partial charge on any atom is -0.354 e. The lowest BCUT2D eigenvalue weighted by Crippen LogP contribution is -2.39. The van der Waals surface area contributed by atoms with Gasteiger partial charge in [0.15, 0.2) is 0 Å². The number of likely N-dealkylation sites (N-methyl/N-ethyl adjacent to an activating group) is 1. The number of urea groups is 1. The lowest BCUT2D eigenvalue weighted by molar-refractivity contribution is -0.121. The molecule has 0 saturated carbocycles. The number of thioether (sulfide) groups is 1. The van der Waals surface area contributed by atoms with E-state index in [1.807, 2.05) is 6.92 Å². The van der Waals surface area contributed by atoms with Crippen molar-refractivity contribution in [2.45, 2.75) is 12.7 Å². The highest BCUT2D eigenvalue weighted by Gasteiger charge is 2.26. The van der Waals surface area contributed by atoms with Crippen molar-refractivity contribution in [1.29, 1.82) is 0 Å². The molecule has 3 amide bonds. The maximum atomic E-state index is 11.7. The Bertz CT molecular complexity index is 505. The van der Waals surface area contributed by atoms with E-state index in [1.165, 1.54) is 0 Å². The summed E-state index contributed by atoms with van der Waals surface area (Å²) >= 11 is 1.72. The van der Waals surface area contributed by atoms with E-state index >= 15 is 0 Å². The number of rotatable bonds is 7. The number of aryl methyl sites for hydroxylation is 1. The van der Waals surface area contributed by atoms with Gasteiger partial charge in [-0.1, -0.05) is 0 Å². The van der Waals surface area contributed by atoms with Crippen molar-refractivity contribution in [3.05, 3.63) is 17.7 Å². The highest BCUT2D eigenvalue weighted by atomic mass is 32.2. The third-order valence-electron chi connectivity index (χ3n) is 3.38. The van der Waals surface area contributed by atoms with Crippen LogP contribution in [-0.4, -0.2) is 70.7 Å². The lowest BCUT2D eigenvalue weighted by Gasteiger charge is -2.15. The molecule has 1 fully saturated rings. The van der Waals surface area contributed by atoms with E-state index in [0.717, 1.165) is 22.9 Å². The van der Waals surface area contributed by atoms with Gasteiger partial charge in [-0.2, -0.15) is 11.8 Å². The van der Waals surface area contributed by atoms with Gasteiger partial charge in [0.05, 0.1) is 12.0 Å². The Morgan fingerprint density at radius 1 is 1.52 bits per heavy atom. The van der Waals surface area contributed by atoms with E-state index in [4.69, 9.17) is 0 Å². The number of carbonyl (C=O) groups is 2. The molecule has 21 heavy (non-hydrogen) atoms. The smallest absolute Gasteiger partial charge is 0.320 e. The van der Waals surface area contributed by atoms with Crippen molar-refractivity contribution in [2.75, 3.05) is 39.0 Å². The van der Waals surface area contributed by atoms with Crippen LogP contribution in [-0.2, 0) is 10.5 Å². The molecular formula is C13H21N5O2S. The zero-order valence-corrected chi connectivity index (χ0v) is 13.2. The third-order valence-corrected chi connectivity index (χ3v) is 4.35. The molecule has 1 aromatic heterocycles. The molecule has 0 unspecified atom stereocenters. The maximum absolute atomic E-state index is 11.7. The summed E-state index contributed by atoms with van der Waals surface area (Å²) in [7, 11) is 1.74. The SMILES string of the molecule is Cc1[nH]cnc1CSCCNC(=O)CN1CCN(C)C1=O. The van der Waals surface area contributed by atoms with Gasteiger partial charge in [-0.05, 0) is 6.92 Å². The minimum absolute atomic E-state index is 0.0754. The number of H-pyrrole nitrogens is 1. The van der Waals surface area contributed by atoms with Crippen LogP contribution in [0, 0.1) is 6.92 Å². The van der Waals surface area contributed by atoms with Crippen molar-refractivity contribution >= 4 is 23.7 Å². The van der Waals surface area contributed by atoms with Gasteiger partial charge in [0.2, 0.25) is 5.91 Å². The lowest BCUT2D eigenvalue weighted by atomic mass is 10.4. The number of hydrogen-bond acceptors (Lipinski definition) is 4. The first kappa shape index (κ1) is 15.7. The summed E-state index contributed by atoms with van der Waals surface area (Å²) in [6, 6.07) is -0.0754. The quantitative estimate of drug-likeness (QED) is 0.716. The Morgan fingerprint density at radius 2 is 2.33 bits per heavy atom. The van der Waals surface area contributed by atoms with Gasteiger partial charge >= 0.3 is 6.03 Å². The number of hydrogen-bond donors (Lipinski definition) is 2. The molecule has 2 N–H and O–H groups in total. The number of nitrogens with one attached hydrogen (secondary N) is 2. The monoisotopic (exact) mass is 311 g/mol. The molecule has 0 atom stereocenters. The highest BCUT2D eigenvalue weighted by Crippen LogP contribution is 2.11. The molecule has 0 aromatic carbocycles. The van der Waals surface area contributed by atoms with Crippen molar-refractivity contribution < 1.29 is 9.59 Å². The van der Waals surface area contributed by atoms with Crippen LogP contribution in [0.15, 0.2) is 6.33 Å². The Morgan fingerprint density at radius 3 is 2.95 bits per heavy atom. The van der Waals surface area contributed by atoms with Gasteiger partial charge in [-0.3, -0.25) is 4.79 Å². The largest absolute Gasteiger partial charge is 0.354 e. The molecule has 0 radical (unpaired) electrons. The summed E-state index contributed by atoms with van der Waals surface area (Å²) in [6.45, 7) is 4.05. The molecule has 0 spiro atoms. The zero-order chi connectivity index (χ0) is 15.2.